The van der Waals surface area contributed by atoms with E-state index in [-0.39, 0.29) is 0 Å². The van der Waals surface area contributed by atoms with E-state index in [1.807, 2.05) is 22.4 Å². The summed E-state index contributed by atoms with van der Waals surface area (Å²) in [4.78, 5) is 21.9. The predicted octanol–water partition coefficient (Wildman–Crippen LogP) is 3.19. The van der Waals surface area contributed by atoms with Gasteiger partial charge in [-0.2, -0.15) is 0 Å². The molecule has 0 spiro atoms. The number of nitrogens with one attached hydrogen (secondary N) is 1. The third-order valence-electron chi connectivity index (χ3n) is 5.12. The minimum absolute atomic E-state index is 0.305. The van der Waals surface area contributed by atoms with Crippen LogP contribution in [-0.2, 0) is 17.8 Å². The molecule has 0 radical (unpaired) electrons. The second kappa shape index (κ2) is 6.49. The van der Waals surface area contributed by atoms with Gasteiger partial charge in [-0.1, -0.05) is 0 Å². The normalized spacial score (nSPS) is 21.6. The van der Waals surface area contributed by atoms with Gasteiger partial charge in [0.2, 0.25) is 5.91 Å². The number of likely N-dealkylation sites (tertiary alicyclic amines) is 1. The molecule has 1 saturated heterocycles. The average Bonchev–Trinajstić information content (AvgIpc) is 3.31. The van der Waals surface area contributed by atoms with Gasteiger partial charge in [-0.3, -0.25) is 9.69 Å². The number of H-pyrrole nitrogens is 1. The molecule has 0 saturated carbocycles. The van der Waals surface area contributed by atoms with Crippen LogP contribution >= 0.6 is 11.3 Å². The van der Waals surface area contributed by atoms with Crippen LogP contribution in [0.5, 0.6) is 0 Å². The summed E-state index contributed by atoms with van der Waals surface area (Å²) in [7, 11) is 0. The number of hydrogen-bond donors (Lipinski definition) is 1. The molecule has 0 aliphatic carbocycles. The van der Waals surface area contributed by atoms with Crippen molar-refractivity contribution < 1.29 is 4.79 Å². The first-order chi connectivity index (χ1) is 11.3. The van der Waals surface area contributed by atoms with Crippen molar-refractivity contribution in [1.29, 1.82) is 0 Å². The zero-order chi connectivity index (χ0) is 15.6. The summed E-state index contributed by atoms with van der Waals surface area (Å²) >= 11 is 1.82. The van der Waals surface area contributed by atoms with Crippen LogP contribution in [0, 0.1) is 0 Å². The highest BCUT2D eigenvalue weighted by Gasteiger charge is 2.28. The fraction of sp³-hybridized carbons (Fsp3) is 0.500. The largest absolute Gasteiger partial charge is 0.364 e. The van der Waals surface area contributed by atoms with E-state index in [1.165, 1.54) is 29.0 Å². The molecule has 1 fully saturated rings. The molecule has 1 atom stereocenters. The number of carbonyl (C=O) groups is 1. The SMILES string of the molecule is O=C(CCN1CCCC1c1ccc[nH]1)N1CCc2sccc2C1. The molecule has 1 amide bonds. The van der Waals surface area contributed by atoms with E-state index in [9.17, 15) is 4.79 Å². The number of aromatic nitrogens is 1. The molecule has 2 aromatic rings. The van der Waals surface area contributed by atoms with E-state index < -0.39 is 0 Å². The lowest BCUT2D eigenvalue weighted by atomic mass is 10.1. The third kappa shape index (κ3) is 3.08. The maximum absolute atomic E-state index is 12.6. The highest BCUT2D eigenvalue weighted by Crippen LogP contribution is 2.31. The average molecular weight is 329 g/mol. The van der Waals surface area contributed by atoms with Crippen molar-refractivity contribution in [1.82, 2.24) is 14.8 Å². The summed E-state index contributed by atoms with van der Waals surface area (Å²) in [5, 5.41) is 2.14. The molecule has 0 bridgehead atoms. The summed E-state index contributed by atoms with van der Waals surface area (Å²) in [5.41, 5.74) is 2.64. The molecule has 5 heteroatoms. The number of fused-ring (bicyclic) bond motifs is 1. The maximum Gasteiger partial charge on any atom is 0.224 e. The molecule has 23 heavy (non-hydrogen) atoms. The smallest absolute Gasteiger partial charge is 0.224 e. The van der Waals surface area contributed by atoms with Gasteiger partial charge in [0.05, 0.1) is 0 Å². The Morgan fingerprint density at radius 1 is 1.35 bits per heavy atom. The Kier molecular flexibility index (Phi) is 4.23. The van der Waals surface area contributed by atoms with Crippen LogP contribution in [0.15, 0.2) is 29.8 Å². The summed E-state index contributed by atoms with van der Waals surface area (Å²) in [6, 6.07) is 6.85. The van der Waals surface area contributed by atoms with Crippen LogP contribution in [0.1, 0.15) is 41.4 Å². The Morgan fingerprint density at radius 2 is 2.30 bits per heavy atom. The molecule has 0 aromatic carbocycles. The molecule has 4 nitrogen and oxygen atoms in total. The lowest BCUT2D eigenvalue weighted by Crippen LogP contribution is -2.37. The number of aromatic amines is 1. The van der Waals surface area contributed by atoms with Gasteiger partial charge in [-0.15, -0.1) is 11.3 Å². The van der Waals surface area contributed by atoms with Gasteiger partial charge >= 0.3 is 0 Å². The molecular weight excluding hydrogens is 306 g/mol. The fourth-order valence-electron chi connectivity index (χ4n) is 3.86. The van der Waals surface area contributed by atoms with Gasteiger partial charge in [0.15, 0.2) is 0 Å². The number of carbonyl (C=O) groups excluding carboxylic acids is 1. The monoisotopic (exact) mass is 329 g/mol. The minimum atomic E-state index is 0.305. The Morgan fingerprint density at radius 3 is 3.17 bits per heavy atom. The Labute approximate surface area is 141 Å². The van der Waals surface area contributed by atoms with Crippen molar-refractivity contribution in [2.45, 2.75) is 38.3 Å². The highest BCUT2D eigenvalue weighted by atomic mass is 32.1. The van der Waals surface area contributed by atoms with Crippen molar-refractivity contribution in [2.75, 3.05) is 19.6 Å². The van der Waals surface area contributed by atoms with Crippen LogP contribution in [0.2, 0.25) is 0 Å². The first-order valence-corrected chi connectivity index (χ1v) is 9.39. The van der Waals surface area contributed by atoms with E-state index >= 15 is 0 Å². The van der Waals surface area contributed by atoms with E-state index in [4.69, 9.17) is 0 Å². The molecule has 2 aliphatic heterocycles. The van der Waals surface area contributed by atoms with E-state index in [2.05, 4.69) is 33.5 Å². The van der Waals surface area contributed by atoms with Gasteiger partial charge in [-0.05, 0) is 54.9 Å². The molecular formula is C18H23N3OS. The maximum atomic E-state index is 12.6. The van der Waals surface area contributed by atoms with Gasteiger partial charge in [0.1, 0.15) is 0 Å². The lowest BCUT2D eigenvalue weighted by molar-refractivity contribution is -0.132. The van der Waals surface area contributed by atoms with Crippen molar-refractivity contribution in [3.8, 4) is 0 Å². The number of nitrogens with zero attached hydrogens (tertiary/aromatic N) is 2. The van der Waals surface area contributed by atoms with Gasteiger partial charge < -0.3 is 9.88 Å². The van der Waals surface area contributed by atoms with Crippen molar-refractivity contribution >= 4 is 17.2 Å². The quantitative estimate of drug-likeness (QED) is 0.936. The van der Waals surface area contributed by atoms with E-state index in [0.29, 0.717) is 18.4 Å². The van der Waals surface area contributed by atoms with E-state index in [1.54, 1.807) is 0 Å². The molecule has 2 aliphatic rings. The second-order valence-corrected chi connectivity index (χ2v) is 7.50. The lowest BCUT2D eigenvalue weighted by Gasteiger charge is -2.29. The Hall–Kier alpha value is -1.59. The zero-order valence-corrected chi connectivity index (χ0v) is 14.1. The molecule has 4 rings (SSSR count). The molecule has 2 aromatic heterocycles. The van der Waals surface area contributed by atoms with Crippen LogP contribution in [0.25, 0.3) is 0 Å². The summed E-state index contributed by atoms with van der Waals surface area (Å²) in [6.07, 6.45) is 6.06. The van der Waals surface area contributed by atoms with E-state index in [0.717, 1.165) is 32.6 Å². The van der Waals surface area contributed by atoms with Crippen LogP contribution < -0.4 is 0 Å². The van der Waals surface area contributed by atoms with Gasteiger partial charge in [-0.25, -0.2) is 0 Å². The summed E-state index contributed by atoms with van der Waals surface area (Å²) in [5.74, 6) is 0.305. The van der Waals surface area contributed by atoms with Gasteiger partial charge in [0, 0.05) is 48.9 Å². The molecule has 1 N–H and O–H groups in total. The van der Waals surface area contributed by atoms with Crippen molar-refractivity contribution in [3.05, 3.63) is 45.9 Å². The number of rotatable bonds is 4. The standard InChI is InChI=1S/C18H23N3OS/c22-18(21-10-5-17-14(13-21)7-12-23-17)6-11-20-9-2-4-16(20)15-3-1-8-19-15/h1,3,7-8,12,16,19H,2,4-6,9-11,13H2. The van der Waals surface area contributed by atoms with Crippen LogP contribution in [0.3, 0.4) is 0 Å². The molecule has 122 valence electrons. The number of hydrogen-bond acceptors (Lipinski definition) is 3. The number of thiophene rings is 1. The van der Waals surface area contributed by atoms with Crippen molar-refractivity contribution in [3.63, 3.8) is 0 Å². The number of amides is 1. The Balaban J connectivity index is 1.33. The van der Waals surface area contributed by atoms with Crippen LogP contribution in [0.4, 0.5) is 0 Å². The minimum Gasteiger partial charge on any atom is -0.364 e. The summed E-state index contributed by atoms with van der Waals surface area (Å²) in [6.45, 7) is 3.66. The molecule has 1 unspecified atom stereocenters. The fourth-order valence-corrected chi connectivity index (χ4v) is 4.75. The Bertz CT molecular complexity index is 664. The van der Waals surface area contributed by atoms with Gasteiger partial charge in [0.25, 0.3) is 0 Å². The first-order valence-electron chi connectivity index (χ1n) is 8.51. The predicted molar refractivity (Wildman–Crippen MR) is 92.4 cm³/mol. The zero-order valence-electron chi connectivity index (χ0n) is 13.3. The van der Waals surface area contributed by atoms with Crippen LogP contribution in [-0.4, -0.2) is 40.3 Å². The third-order valence-corrected chi connectivity index (χ3v) is 6.14. The first kappa shape index (κ1) is 15.0. The second-order valence-electron chi connectivity index (χ2n) is 6.50. The summed E-state index contributed by atoms with van der Waals surface area (Å²) < 4.78 is 0. The molecule has 4 heterocycles. The topological polar surface area (TPSA) is 39.3 Å². The highest BCUT2D eigenvalue weighted by molar-refractivity contribution is 7.10. The van der Waals surface area contributed by atoms with Crippen molar-refractivity contribution in [2.24, 2.45) is 0 Å².